The number of carboxylic acids is 1. The molecule has 0 amide bonds. The summed E-state index contributed by atoms with van der Waals surface area (Å²) in [6.45, 7) is 3.81. The van der Waals surface area contributed by atoms with Crippen LogP contribution in [-0.4, -0.2) is 29.1 Å². The predicted molar refractivity (Wildman–Crippen MR) is 71.1 cm³/mol. The largest absolute Gasteiger partial charge is 0.480 e. The van der Waals surface area contributed by atoms with Crippen LogP contribution < -0.4 is 4.90 Å². The van der Waals surface area contributed by atoms with E-state index < -0.39 is 10.9 Å². The highest BCUT2D eigenvalue weighted by Crippen LogP contribution is 2.32. The highest BCUT2D eigenvalue weighted by Gasteiger charge is 2.18. The van der Waals surface area contributed by atoms with Crippen LogP contribution in [0.1, 0.15) is 12.5 Å². The molecule has 0 saturated heterocycles. The highest BCUT2D eigenvalue weighted by molar-refractivity contribution is 9.10. The van der Waals surface area contributed by atoms with E-state index in [4.69, 9.17) is 5.11 Å². The van der Waals surface area contributed by atoms with E-state index >= 15 is 0 Å². The number of halogens is 1. The molecule has 0 radical (unpaired) electrons. The zero-order valence-electron chi connectivity index (χ0n) is 10.0. The van der Waals surface area contributed by atoms with Crippen molar-refractivity contribution >= 4 is 33.3 Å². The molecule has 1 aromatic rings. The molecule has 0 unspecified atom stereocenters. The van der Waals surface area contributed by atoms with E-state index in [1.807, 2.05) is 6.92 Å². The van der Waals surface area contributed by atoms with Crippen LogP contribution >= 0.6 is 15.9 Å². The second kappa shape index (κ2) is 5.81. The van der Waals surface area contributed by atoms with Crippen molar-refractivity contribution in [1.82, 2.24) is 0 Å². The van der Waals surface area contributed by atoms with Gasteiger partial charge in [-0.15, -0.1) is 0 Å². The molecule has 0 fully saturated rings. The lowest BCUT2D eigenvalue weighted by Gasteiger charge is -2.22. The third kappa shape index (κ3) is 3.19. The standard InChI is InChI=1S/C11H13BrN2O4/c1-3-13(6-11(15)16)10-4-7(2)9(14(17)18)5-8(10)12/h4-5H,3,6H2,1-2H3,(H,15,16). The Morgan fingerprint density at radius 1 is 1.56 bits per heavy atom. The number of nitro groups is 1. The van der Waals surface area contributed by atoms with Crippen LogP contribution in [-0.2, 0) is 4.79 Å². The maximum Gasteiger partial charge on any atom is 0.323 e. The lowest BCUT2D eigenvalue weighted by atomic mass is 10.1. The average Bonchev–Trinajstić information content (AvgIpc) is 2.28. The molecule has 0 bridgehead atoms. The van der Waals surface area contributed by atoms with E-state index in [1.165, 1.54) is 6.07 Å². The van der Waals surface area contributed by atoms with Crippen LogP contribution in [0, 0.1) is 17.0 Å². The van der Waals surface area contributed by atoms with Crippen LogP contribution in [0.3, 0.4) is 0 Å². The van der Waals surface area contributed by atoms with Gasteiger partial charge in [-0.1, -0.05) is 0 Å². The Morgan fingerprint density at radius 3 is 2.61 bits per heavy atom. The third-order valence-electron chi connectivity index (χ3n) is 2.51. The van der Waals surface area contributed by atoms with Crippen molar-refractivity contribution in [3.63, 3.8) is 0 Å². The summed E-state index contributed by atoms with van der Waals surface area (Å²) in [4.78, 5) is 22.7. The number of carbonyl (C=O) groups is 1. The molecule has 98 valence electrons. The second-order valence-electron chi connectivity index (χ2n) is 3.76. The number of rotatable bonds is 5. The molecule has 18 heavy (non-hydrogen) atoms. The predicted octanol–water partition coefficient (Wildman–Crippen LogP) is 2.58. The number of aryl methyl sites for hydroxylation is 1. The monoisotopic (exact) mass is 316 g/mol. The summed E-state index contributed by atoms with van der Waals surface area (Å²) < 4.78 is 0.517. The van der Waals surface area contributed by atoms with E-state index in [2.05, 4.69) is 15.9 Å². The molecule has 1 N–H and O–H groups in total. The molecule has 0 aliphatic heterocycles. The molecule has 0 heterocycles. The Labute approximate surface area is 112 Å². The van der Waals surface area contributed by atoms with Crippen molar-refractivity contribution in [3.05, 3.63) is 32.3 Å². The minimum absolute atomic E-state index is 0.0111. The van der Waals surface area contributed by atoms with E-state index in [9.17, 15) is 14.9 Å². The average molecular weight is 317 g/mol. The van der Waals surface area contributed by atoms with Gasteiger partial charge in [0.15, 0.2) is 0 Å². The number of likely N-dealkylation sites (N-methyl/N-ethyl adjacent to an activating group) is 1. The molecule has 6 nitrogen and oxygen atoms in total. The number of benzene rings is 1. The van der Waals surface area contributed by atoms with Gasteiger partial charge in [-0.3, -0.25) is 14.9 Å². The Bertz CT molecular complexity index is 490. The van der Waals surface area contributed by atoms with Gasteiger partial charge in [0, 0.05) is 22.6 Å². The number of hydrogen-bond donors (Lipinski definition) is 1. The summed E-state index contributed by atoms with van der Waals surface area (Å²) in [5.41, 5.74) is 1.15. The quantitative estimate of drug-likeness (QED) is 0.666. The van der Waals surface area contributed by atoms with E-state index in [-0.39, 0.29) is 12.2 Å². The van der Waals surface area contributed by atoms with E-state index in [0.717, 1.165) is 0 Å². The summed E-state index contributed by atoms with van der Waals surface area (Å²) in [5.74, 6) is -0.945. The number of aliphatic carboxylic acids is 1. The topological polar surface area (TPSA) is 83.7 Å². The number of carboxylic acid groups (broad SMARTS) is 1. The number of hydrogen-bond acceptors (Lipinski definition) is 4. The molecule has 0 spiro atoms. The summed E-state index contributed by atoms with van der Waals surface area (Å²) in [7, 11) is 0. The fraction of sp³-hybridized carbons (Fsp3) is 0.364. The molecule has 1 rings (SSSR count). The zero-order chi connectivity index (χ0) is 13.9. The van der Waals surface area contributed by atoms with Crippen molar-refractivity contribution < 1.29 is 14.8 Å². The fourth-order valence-electron chi connectivity index (χ4n) is 1.63. The van der Waals surface area contributed by atoms with Gasteiger partial charge in [-0.25, -0.2) is 0 Å². The van der Waals surface area contributed by atoms with Crippen molar-refractivity contribution in [3.8, 4) is 0 Å². The van der Waals surface area contributed by atoms with Crippen molar-refractivity contribution in [2.45, 2.75) is 13.8 Å². The Morgan fingerprint density at radius 2 is 2.17 bits per heavy atom. The van der Waals surface area contributed by atoms with Crippen molar-refractivity contribution in [1.29, 1.82) is 0 Å². The Balaban J connectivity index is 3.20. The minimum atomic E-state index is -0.945. The first kappa shape index (κ1) is 14.4. The number of nitrogens with zero attached hydrogens (tertiary/aromatic N) is 2. The van der Waals surface area contributed by atoms with Gasteiger partial charge < -0.3 is 10.0 Å². The van der Waals surface area contributed by atoms with Gasteiger partial charge in [0.25, 0.3) is 5.69 Å². The summed E-state index contributed by atoms with van der Waals surface area (Å²) in [6, 6.07) is 3.02. The number of nitro benzene ring substituents is 1. The van der Waals surface area contributed by atoms with Crippen LogP contribution in [0.2, 0.25) is 0 Å². The van der Waals surface area contributed by atoms with Gasteiger partial charge in [0.2, 0.25) is 0 Å². The maximum atomic E-state index is 10.8. The van der Waals surface area contributed by atoms with Gasteiger partial charge in [-0.2, -0.15) is 0 Å². The van der Waals surface area contributed by atoms with Crippen LogP contribution in [0.25, 0.3) is 0 Å². The van der Waals surface area contributed by atoms with E-state index in [0.29, 0.717) is 22.3 Å². The molecule has 0 aliphatic carbocycles. The van der Waals surface area contributed by atoms with Gasteiger partial charge >= 0.3 is 5.97 Å². The molecular weight excluding hydrogens is 304 g/mol. The first-order valence-corrected chi connectivity index (χ1v) is 6.07. The van der Waals surface area contributed by atoms with Gasteiger partial charge in [0.05, 0.1) is 10.6 Å². The second-order valence-corrected chi connectivity index (χ2v) is 4.61. The summed E-state index contributed by atoms with van der Waals surface area (Å²) in [5, 5.41) is 19.6. The maximum absolute atomic E-state index is 10.8. The van der Waals surface area contributed by atoms with Gasteiger partial charge in [0.1, 0.15) is 6.54 Å². The molecule has 0 atom stereocenters. The summed E-state index contributed by atoms with van der Waals surface area (Å²) >= 11 is 3.24. The first-order chi connectivity index (χ1) is 8.36. The normalized spacial score (nSPS) is 10.2. The van der Waals surface area contributed by atoms with Crippen molar-refractivity contribution in [2.24, 2.45) is 0 Å². The Kier molecular flexibility index (Phi) is 4.66. The third-order valence-corrected chi connectivity index (χ3v) is 3.15. The van der Waals surface area contributed by atoms with Crippen molar-refractivity contribution in [2.75, 3.05) is 18.0 Å². The molecule has 7 heteroatoms. The van der Waals surface area contributed by atoms with Crippen LogP contribution in [0.5, 0.6) is 0 Å². The molecule has 1 aromatic carbocycles. The zero-order valence-corrected chi connectivity index (χ0v) is 11.6. The molecule has 0 aliphatic rings. The molecule has 0 aromatic heterocycles. The fourth-order valence-corrected chi connectivity index (χ4v) is 2.21. The van der Waals surface area contributed by atoms with Crippen LogP contribution in [0.15, 0.2) is 16.6 Å². The van der Waals surface area contributed by atoms with E-state index in [1.54, 1.807) is 17.9 Å². The van der Waals surface area contributed by atoms with Crippen LogP contribution in [0.4, 0.5) is 11.4 Å². The molecular formula is C11H13BrN2O4. The lowest BCUT2D eigenvalue weighted by molar-refractivity contribution is -0.385. The minimum Gasteiger partial charge on any atom is -0.480 e. The Hall–Kier alpha value is -1.63. The first-order valence-electron chi connectivity index (χ1n) is 5.28. The smallest absolute Gasteiger partial charge is 0.323 e. The molecule has 0 saturated carbocycles. The summed E-state index contributed by atoms with van der Waals surface area (Å²) in [6.07, 6.45) is 0. The highest BCUT2D eigenvalue weighted by atomic mass is 79.9. The SMILES string of the molecule is CCN(CC(=O)O)c1cc(C)c([N+](=O)[O-])cc1Br. The lowest BCUT2D eigenvalue weighted by Crippen LogP contribution is -2.29. The van der Waals surface area contributed by atoms with Gasteiger partial charge in [-0.05, 0) is 35.8 Å². The number of anilines is 1.